The van der Waals surface area contributed by atoms with Gasteiger partial charge in [-0.3, -0.25) is 0 Å². The highest BCUT2D eigenvalue weighted by atomic mass is 127. The second-order valence-corrected chi connectivity index (χ2v) is 5.13. The van der Waals surface area contributed by atoms with Crippen molar-refractivity contribution in [2.75, 3.05) is 24.6 Å². The minimum Gasteiger partial charge on any atom is -0.391 e. The van der Waals surface area contributed by atoms with Crippen molar-refractivity contribution < 1.29 is 4.74 Å². The highest BCUT2D eigenvalue weighted by Gasteiger charge is 2.23. The molecule has 86 valence electrons. The van der Waals surface area contributed by atoms with E-state index >= 15 is 0 Å². The van der Waals surface area contributed by atoms with Crippen molar-refractivity contribution in [1.82, 2.24) is 9.97 Å². The van der Waals surface area contributed by atoms with E-state index in [2.05, 4.69) is 32.6 Å². The number of hydrogen-bond acceptors (Lipinski definition) is 5. The molecule has 2 N–H and O–H groups in total. The number of aromatic nitrogens is 2. The molecule has 0 amide bonds. The highest BCUT2D eigenvalue weighted by molar-refractivity contribution is 14.1. The van der Waals surface area contributed by atoms with E-state index in [0.29, 0.717) is 24.1 Å². The summed E-state index contributed by atoms with van der Waals surface area (Å²) < 4.78 is 6.46. The summed E-state index contributed by atoms with van der Waals surface area (Å²) in [5, 5.41) is 0. The monoisotopic (exact) mass is 350 g/mol. The molecule has 1 aromatic heterocycles. The van der Waals surface area contributed by atoms with Crippen LogP contribution in [0.4, 0.5) is 5.95 Å². The SMILES string of the molecule is NC(=S)C1CN(c2ncc(I)cn2)CCO1. The summed E-state index contributed by atoms with van der Waals surface area (Å²) in [6.45, 7) is 1.98. The lowest BCUT2D eigenvalue weighted by atomic mass is 10.3. The van der Waals surface area contributed by atoms with Crippen LogP contribution in [0.25, 0.3) is 0 Å². The molecule has 2 rings (SSSR count). The Morgan fingerprint density at radius 2 is 2.25 bits per heavy atom. The van der Waals surface area contributed by atoms with Crippen LogP contribution >= 0.6 is 34.8 Å². The average molecular weight is 350 g/mol. The first-order valence-electron chi connectivity index (χ1n) is 4.80. The van der Waals surface area contributed by atoms with Crippen LogP contribution in [0.1, 0.15) is 0 Å². The van der Waals surface area contributed by atoms with E-state index < -0.39 is 0 Å². The molecular formula is C9H11IN4OS. The van der Waals surface area contributed by atoms with E-state index in [1.54, 1.807) is 12.4 Å². The van der Waals surface area contributed by atoms with Crippen molar-refractivity contribution in [2.24, 2.45) is 5.73 Å². The van der Waals surface area contributed by atoms with Gasteiger partial charge in [-0.2, -0.15) is 0 Å². The van der Waals surface area contributed by atoms with Crippen LogP contribution in [0.2, 0.25) is 0 Å². The molecule has 0 spiro atoms. The fourth-order valence-electron chi connectivity index (χ4n) is 1.47. The molecule has 1 fully saturated rings. The Morgan fingerprint density at radius 1 is 1.56 bits per heavy atom. The van der Waals surface area contributed by atoms with Gasteiger partial charge in [-0.1, -0.05) is 12.2 Å². The molecule has 5 nitrogen and oxygen atoms in total. The van der Waals surface area contributed by atoms with Crippen molar-refractivity contribution in [2.45, 2.75) is 6.10 Å². The fourth-order valence-corrected chi connectivity index (χ4v) is 1.89. The molecular weight excluding hydrogens is 339 g/mol. The second kappa shape index (κ2) is 5.19. The number of anilines is 1. The second-order valence-electron chi connectivity index (χ2n) is 3.41. The van der Waals surface area contributed by atoms with Gasteiger partial charge in [0.1, 0.15) is 11.1 Å². The number of rotatable bonds is 2. The first-order chi connectivity index (χ1) is 7.66. The van der Waals surface area contributed by atoms with Gasteiger partial charge in [0, 0.05) is 22.5 Å². The van der Waals surface area contributed by atoms with Crippen molar-refractivity contribution in [3.05, 3.63) is 16.0 Å². The average Bonchev–Trinajstić information content (AvgIpc) is 2.30. The number of halogens is 1. The van der Waals surface area contributed by atoms with Crippen LogP contribution < -0.4 is 10.6 Å². The summed E-state index contributed by atoms with van der Waals surface area (Å²) in [5.74, 6) is 0.699. The zero-order valence-electron chi connectivity index (χ0n) is 8.47. The van der Waals surface area contributed by atoms with Gasteiger partial charge in [0.05, 0.1) is 13.2 Å². The van der Waals surface area contributed by atoms with Crippen LogP contribution in [0, 0.1) is 3.57 Å². The first kappa shape index (κ1) is 11.9. The molecule has 1 aromatic rings. The van der Waals surface area contributed by atoms with E-state index in [1.807, 2.05) is 4.90 Å². The maximum Gasteiger partial charge on any atom is 0.225 e. The van der Waals surface area contributed by atoms with E-state index in [9.17, 15) is 0 Å². The lowest BCUT2D eigenvalue weighted by molar-refractivity contribution is 0.0840. The fraction of sp³-hybridized carbons (Fsp3) is 0.444. The smallest absolute Gasteiger partial charge is 0.225 e. The maximum atomic E-state index is 5.57. The molecule has 0 aromatic carbocycles. The summed E-state index contributed by atoms with van der Waals surface area (Å²) in [6.07, 6.45) is 3.37. The minimum atomic E-state index is -0.202. The molecule has 7 heteroatoms. The third kappa shape index (κ3) is 2.77. The Morgan fingerprint density at radius 3 is 2.88 bits per heavy atom. The predicted molar refractivity (Wildman–Crippen MR) is 73.5 cm³/mol. The number of hydrogen-bond donors (Lipinski definition) is 1. The Kier molecular flexibility index (Phi) is 3.87. The van der Waals surface area contributed by atoms with Gasteiger partial charge in [-0.05, 0) is 22.6 Å². The molecule has 0 bridgehead atoms. The summed E-state index contributed by atoms with van der Waals surface area (Å²) >= 11 is 7.10. The normalized spacial score (nSPS) is 20.8. The molecule has 16 heavy (non-hydrogen) atoms. The summed E-state index contributed by atoms with van der Waals surface area (Å²) in [4.78, 5) is 10.9. The third-order valence-electron chi connectivity index (χ3n) is 2.27. The van der Waals surface area contributed by atoms with E-state index in [1.165, 1.54) is 0 Å². The standard InChI is InChI=1S/C9H11IN4OS/c10-6-3-12-9(13-4-6)14-1-2-15-7(5-14)8(11)16/h3-4,7H,1-2,5H2,(H2,11,16). The van der Waals surface area contributed by atoms with Gasteiger partial charge in [-0.15, -0.1) is 0 Å². The summed E-state index contributed by atoms with van der Waals surface area (Å²) in [6, 6.07) is 0. The maximum absolute atomic E-state index is 5.57. The Hall–Kier alpha value is -0.540. The number of morpholine rings is 1. The molecule has 0 radical (unpaired) electrons. The topological polar surface area (TPSA) is 64.3 Å². The lowest BCUT2D eigenvalue weighted by Gasteiger charge is -2.32. The van der Waals surface area contributed by atoms with Crippen LogP contribution in [0.5, 0.6) is 0 Å². The van der Waals surface area contributed by atoms with Crippen LogP contribution in [0.15, 0.2) is 12.4 Å². The van der Waals surface area contributed by atoms with Gasteiger partial charge in [0.2, 0.25) is 5.95 Å². The summed E-state index contributed by atoms with van der Waals surface area (Å²) in [7, 11) is 0. The molecule has 1 saturated heterocycles. The van der Waals surface area contributed by atoms with Crippen molar-refractivity contribution >= 4 is 45.7 Å². The predicted octanol–water partition coefficient (Wildman–Crippen LogP) is 0.572. The Labute approximate surface area is 113 Å². The largest absolute Gasteiger partial charge is 0.391 e. The number of nitrogens with zero attached hydrogens (tertiary/aromatic N) is 3. The van der Waals surface area contributed by atoms with Gasteiger partial charge in [0.25, 0.3) is 0 Å². The minimum absolute atomic E-state index is 0.202. The third-order valence-corrected chi connectivity index (χ3v) is 3.09. The number of thiocarbonyl (C=S) groups is 1. The molecule has 1 aliphatic heterocycles. The molecule has 2 heterocycles. The number of ether oxygens (including phenoxy) is 1. The molecule has 1 aliphatic rings. The Bertz CT molecular complexity index is 386. The summed E-state index contributed by atoms with van der Waals surface area (Å²) in [5.41, 5.74) is 5.57. The zero-order valence-corrected chi connectivity index (χ0v) is 11.4. The first-order valence-corrected chi connectivity index (χ1v) is 6.29. The Balaban J connectivity index is 2.09. The molecule has 0 aliphatic carbocycles. The van der Waals surface area contributed by atoms with Crippen LogP contribution in [-0.2, 0) is 4.74 Å². The van der Waals surface area contributed by atoms with Crippen molar-refractivity contribution in [3.8, 4) is 0 Å². The van der Waals surface area contributed by atoms with Gasteiger partial charge >= 0.3 is 0 Å². The van der Waals surface area contributed by atoms with Gasteiger partial charge in [-0.25, -0.2) is 9.97 Å². The van der Waals surface area contributed by atoms with Crippen molar-refractivity contribution in [1.29, 1.82) is 0 Å². The van der Waals surface area contributed by atoms with E-state index in [-0.39, 0.29) is 6.10 Å². The molecule has 1 unspecified atom stereocenters. The van der Waals surface area contributed by atoms with Crippen LogP contribution in [-0.4, -0.2) is 40.8 Å². The zero-order chi connectivity index (χ0) is 11.5. The van der Waals surface area contributed by atoms with E-state index in [4.69, 9.17) is 22.7 Å². The van der Waals surface area contributed by atoms with Gasteiger partial charge < -0.3 is 15.4 Å². The van der Waals surface area contributed by atoms with Crippen molar-refractivity contribution in [3.63, 3.8) is 0 Å². The highest BCUT2D eigenvalue weighted by Crippen LogP contribution is 2.13. The quantitative estimate of drug-likeness (QED) is 0.622. The molecule has 0 saturated carbocycles. The number of nitrogens with two attached hydrogens (primary N) is 1. The van der Waals surface area contributed by atoms with E-state index in [0.717, 1.165) is 10.1 Å². The van der Waals surface area contributed by atoms with Crippen LogP contribution in [0.3, 0.4) is 0 Å². The molecule has 1 atom stereocenters. The lowest BCUT2D eigenvalue weighted by Crippen LogP contribution is -2.48. The van der Waals surface area contributed by atoms with Gasteiger partial charge in [0.15, 0.2) is 0 Å².